The van der Waals surface area contributed by atoms with Crippen molar-refractivity contribution in [2.24, 2.45) is 17.8 Å². The molecule has 0 saturated heterocycles. The van der Waals surface area contributed by atoms with Crippen molar-refractivity contribution in [3.8, 4) is 0 Å². The summed E-state index contributed by atoms with van der Waals surface area (Å²) < 4.78 is 4.90. The second kappa shape index (κ2) is 6.23. The fourth-order valence-corrected chi connectivity index (χ4v) is 7.00. The van der Waals surface area contributed by atoms with Crippen molar-refractivity contribution >= 4 is 39.6 Å². The van der Waals surface area contributed by atoms with Crippen molar-refractivity contribution in [3.05, 3.63) is 16.5 Å². The Bertz CT molecular complexity index is 677. The molecule has 25 heavy (non-hydrogen) atoms. The van der Waals surface area contributed by atoms with Crippen LogP contribution in [0.2, 0.25) is 0 Å². The highest BCUT2D eigenvalue weighted by molar-refractivity contribution is 7.80. The monoisotopic (exact) mass is 378 g/mol. The Morgan fingerprint density at radius 1 is 1.28 bits per heavy atom. The number of thiophene rings is 1. The van der Waals surface area contributed by atoms with Gasteiger partial charge in [-0.25, -0.2) is 4.79 Å². The Labute approximate surface area is 158 Å². The summed E-state index contributed by atoms with van der Waals surface area (Å²) in [6.45, 7) is 1.99. The van der Waals surface area contributed by atoms with E-state index in [-0.39, 0.29) is 11.5 Å². The molecule has 0 atom stereocenters. The lowest BCUT2D eigenvalue weighted by atomic mass is 9.52. The molecule has 4 saturated carbocycles. The maximum absolute atomic E-state index is 12.0. The predicted octanol–water partition coefficient (Wildman–Crippen LogP) is 4.44. The van der Waals surface area contributed by atoms with Crippen molar-refractivity contribution < 1.29 is 9.53 Å². The maximum Gasteiger partial charge on any atom is 0.340 e. The van der Waals surface area contributed by atoms with Crippen LogP contribution in [0.25, 0.3) is 0 Å². The van der Waals surface area contributed by atoms with Gasteiger partial charge >= 0.3 is 5.97 Å². The van der Waals surface area contributed by atoms with Crippen LogP contribution in [0.15, 0.2) is 6.07 Å². The number of esters is 1. The molecule has 1 heterocycles. The lowest BCUT2D eigenvalue weighted by Gasteiger charge is -2.60. The number of nitrogens with one attached hydrogen (secondary N) is 1. The number of aryl methyl sites for hydroxylation is 1. The van der Waals surface area contributed by atoms with Crippen molar-refractivity contribution in [1.29, 1.82) is 0 Å². The molecular weight excluding hydrogens is 352 g/mol. The minimum absolute atomic E-state index is 0.219. The quantitative estimate of drug-likeness (QED) is 0.622. The van der Waals surface area contributed by atoms with Gasteiger partial charge in [0.1, 0.15) is 5.00 Å². The number of rotatable bonds is 3. The Hall–Kier alpha value is -1.14. The van der Waals surface area contributed by atoms with Crippen LogP contribution in [0.5, 0.6) is 0 Å². The van der Waals surface area contributed by atoms with Gasteiger partial charge in [-0.15, -0.1) is 11.3 Å². The molecule has 4 nitrogen and oxygen atoms in total. The molecule has 1 aromatic rings. The molecule has 1 aromatic heterocycles. The first kappa shape index (κ1) is 17.3. The number of carbonyl (C=O) groups is 1. The van der Waals surface area contributed by atoms with Gasteiger partial charge < -0.3 is 15.0 Å². The molecule has 4 fully saturated rings. The summed E-state index contributed by atoms with van der Waals surface area (Å²) in [6, 6.07) is 1.87. The maximum atomic E-state index is 12.0. The zero-order valence-corrected chi connectivity index (χ0v) is 16.8. The average molecular weight is 379 g/mol. The van der Waals surface area contributed by atoms with E-state index in [2.05, 4.69) is 17.3 Å². The van der Waals surface area contributed by atoms with Crippen LogP contribution in [-0.2, 0) is 4.74 Å². The van der Waals surface area contributed by atoms with Crippen LogP contribution in [0.4, 0.5) is 5.00 Å². The van der Waals surface area contributed by atoms with E-state index >= 15 is 0 Å². The van der Waals surface area contributed by atoms with Gasteiger partial charge in [-0.2, -0.15) is 0 Å². The Morgan fingerprint density at radius 3 is 2.36 bits per heavy atom. The summed E-state index contributed by atoms with van der Waals surface area (Å²) in [4.78, 5) is 15.4. The molecule has 136 valence electrons. The van der Waals surface area contributed by atoms with E-state index < -0.39 is 0 Å². The first-order valence-corrected chi connectivity index (χ1v) is 10.4. The minimum Gasteiger partial charge on any atom is -0.465 e. The van der Waals surface area contributed by atoms with Crippen LogP contribution in [0.3, 0.4) is 0 Å². The molecule has 1 N–H and O–H groups in total. The summed E-state index contributed by atoms with van der Waals surface area (Å²) in [6.07, 6.45) is 8.07. The van der Waals surface area contributed by atoms with Gasteiger partial charge in [0.25, 0.3) is 0 Å². The van der Waals surface area contributed by atoms with Gasteiger partial charge in [0, 0.05) is 17.5 Å². The summed E-state index contributed by atoms with van der Waals surface area (Å²) >= 11 is 7.31. The average Bonchev–Trinajstić information content (AvgIpc) is 2.92. The minimum atomic E-state index is -0.313. The molecule has 0 amide bonds. The van der Waals surface area contributed by atoms with E-state index in [0.717, 1.165) is 32.7 Å². The summed E-state index contributed by atoms with van der Waals surface area (Å²) in [7, 11) is 3.56. The van der Waals surface area contributed by atoms with E-state index in [4.69, 9.17) is 17.0 Å². The van der Waals surface area contributed by atoms with Crippen LogP contribution in [-0.4, -0.2) is 35.7 Å². The predicted molar refractivity (Wildman–Crippen MR) is 105 cm³/mol. The number of hydrogen-bond acceptors (Lipinski definition) is 4. The molecule has 5 rings (SSSR count). The smallest absolute Gasteiger partial charge is 0.340 e. The van der Waals surface area contributed by atoms with Crippen LogP contribution in [0, 0.1) is 24.7 Å². The van der Waals surface area contributed by atoms with Gasteiger partial charge in [-0.3, -0.25) is 0 Å². The SMILES string of the molecule is COC(=O)c1cc(C)sc1NC(=S)N(C)C12CC3CC(CC(C3)C1)C2. The second-order valence-corrected chi connectivity index (χ2v) is 9.87. The molecule has 4 bridgehead atoms. The van der Waals surface area contributed by atoms with Crippen molar-refractivity contribution in [3.63, 3.8) is 0 Å². The number of carbonyl (C=O) groups excluding carboxylic acids is 1. The number of thiocarbonyl (C=S) groups is 1. The third kappa shape index (κ3) is 2.97. The number of anilines is 1. The van der Waals surface area contributed by atoms with Crippen molar-refractivity contribution in [2.75, 3.05) is 19.5 Å². The van der Waals surface area contributed by atoms with Gasteiger partial charge in [0.2, 0.25) is 0 Å². The molecule has 0 aromatic carbocycles. The molecule has 0 radical (unpaired) electrons. The molecular formula is C19H26N2O2S2. The summed E-state index contributed by atoms with van der Waals surface area (Å²) in [5.74, 6) is 2.33. The van der Waals surface area contributed by atoms with E-state index in [0.29, 0.717) is 5.56 Å². The highest BCUT2D eigenvalue weighted by atomic mass is 32.1. The molecule has 0 unspecified atom stereocenters. The zero-order valence-electron chi connectivity index (χ0n) is 15.1. The van der Waals surface area contributed by atoms with Crippen LogP contribution >= 0.6 is 23.6 Å². The van der Waals surface area contributed by atoms with Gasteiger partial charge in [-0.05, 0) is 81.5 Å². The third-order valence-electron chi connectivity index (χ3n) is 6.50. The van der Waals surface area contributed by atoms with E-state index in [9.17, 15) is 4.79 Å². The normalized spacial score (nSPS) is 32.5. The van der Waals surface area contributed by atoms with E-state index in [1.54, 1.807) is 11.3 Å². The number of hydrogen-bond donors (Lipinski definition) is 1. The lowest BCUT2D eigenvalue weighted by Crippen LogP contribution is -2.60. The van der Waals surface area contributed by atoms with Crippen molar-refractivity contribution in [2.45, 2.75) is 51.0 Å². The van der Waals surface area contributed by atoms with Crippen molar-refractivity contribution in [1.82, 2.24) is 4.90 Å². The van der Waals surface area contributed by atoms with Gasteiger partial charge in [0.15, 0.2) is 5.11 Å². The Balaban J connectivity index is 1.53. The van der Waals surface area contributed by atoms with Gasteiger partial charge in [0.05, 0.1) is 12.7 Å². The standard InChI is InChI=1S/C19H26N2O2S2/c1-11-4-15(17(22)23-3)16(25-11)20-18(24)21(2)19-8-12-5-13(9-19)7-14(6-12)10-19/h4,12-14H,5-10H2,1-3H3,(H,20,24). The highest BCUT2D eigenvalue weighted by Crippen LogP contribution is 2.57. The zero-order chi connectivity index (χ0) is 17.8. The van der Waals surface area contributed by atoms with Gasteiger partial charge in [-0.1, -0.05) is 0 Å². The third-order valence-corrected chi connectivity index (χ3v) is 7.84. The Morgan fingerprint density at radius 2 is 1.84 bits per heavy atom. The van der Waals surface area contributed by atoms with Crippen LogP contribution < -0.4 is 5.32 Å². The summed E-state index contributed by atoms with van der Waals surface area (Å²) in [5, 5.41) is 4.87. The van der Waals surface area contributed by atoms with E-state index in [1.807, 2.05) is 13.0 Å². The topological polar surface area (TPSA) is 41.6 Å². The largest absolute Gasteiger partial charge is 0.465 e. The highest BCUT2D eigenvalue weighted by Gasteiger charge is 2.53. The lowest BCUT2D eigenvalue weighted by molar-refractivity contribution is -0.0538. The molecule has 4 aliphatic carbocycles. The molecule has 4 aliphatic rings. The molecule has 6 heteroatoms. The first-order chi connectivity index (χ1) is 11.9. The van der Waals surface area contributed by atoms with E-state index in [1.165, 1.54) is 45.6 Å². The number of methoxy groups -OCH3 is 1. The summed E-state index contributed by atoms with van der Waals surface area (Å²) in [5.41, 5.74) is 0.794. The fourth-order valence-electron chi connectivity index (χ4n) is 5.74. The Kier molecular flexibility index (Phi) is 4.31. The number of nitrogens with zero attached hydrogens (tertiary/aromatic N) is 1. The first-order valence-electron chi connectivity index (χ1n) is 9.14. The fraction of sp³-hybridized carbons (Fsp3) is 0.684. The molecule has 0 aliphatic heterocycles. The number of ether oxygens (including phenoxy) is 1. The van der Waals surface area contributed by atoms with Crippen LogP contribution in [0.1, 0.15) is 53.8 Å². The second-order valence-electron chi connectivity index (χ2n) is 8.22. The molecule has 0 spiro atoms.